The number of hydrazine groups is 1. The fourth-order valence-corrected chi connectivity index (χ4v) is 2.79. The normalized spacial score (nSPS) is 15.3. The maximum absolute atomic E-state index is 12.1. The van der Waals surface area contributed by atoms with Crippen molar-refractivity contribution in [2.45, 2.75) is 38.5 Å². The number of anilines is 1. The summed E-state index contributed by atoms with van der Waals surface area (Å²) in [6.45, 7) is 0.0608. The summed E-state index contributed by atoms with van der Waals surface area (Å²) in [5.41, 5.74) is 5.74. The summed E-state index contributed by atoms with van der Waals surface area (Å²) in [6.07, 6.45) is 6.36. The van der Waals surface area contributed by atoms with Gasteiger partial charge in [0.15, 0.2) is 0 Å². The molecule has 1 aromatic rings. The van der Waals surface area contributed by atoms with Crippen LogP contribution in [0.3, 0.4) is 0 Å². The first kappa shape index (κ1) is 17.1. The van der Waals surface area contributed by atoms with Gasteiger partial charge in [0.1, 0.15) is 5.75 Å². The topological polar surface area (TPSA) is 79.5 Å². The average molecular weight is 319 g/mol. The first-order valence-corrected chi connectivity index (χ1v) is 8.16. The van der Waals surface area contributed by atoms with Crippen molar-refractivity contribution in [2.24, 2.45) is 5.92 Å². The van der Waals surface area contributed by atoms with Gasteiger partial charge >= 0.3 is 0 Å². The van der Waals surface area contributed by atoms with E-state index in [1.165, 1.54) is 12.8 Å². The summed E-state index contributed by atoms with van der Waals surface area (Å²) < 4.78 is 5.20. The molecule has 126 valence electrons. The molecule has 1 aromatic carbocycles. The number of carbonyl (C=O) groups excluding carboxylic acids is 2. The van der Waals surface area contributed by atoms with E-state index in [1.54, 1.807) is 7.11 Å². The first-order chi connectivity index (χ1) is 11.2. The zero-order valence-electron chi connectivity index (χ0n) is 13.6. The van der Waals surface area contributed by atoms with Crippen LogP contribution in [0.2, 0.25) is 0 Å². The number of carbonyl (C=O) groups is 2. The molecule has 3 N–H and O–H groups in total. The highest BCUT2D eigenvalue weighted by Gasteiger charge is 2.20. The molecule has 1 fully saturated rings. The van der Waals surface area contributed by atoms with Crippen LogP contribution >= 0.6 is 0 Å². The van der Waals surface area contributed by atoms with Gasteiger partial charge in [0.05, 0.1) is 19.3 Å². The Hall–Kier alpha value is -2.24. The molecule has 1 aliphatic rings. The summed E-state index contributed by atoms with van der Waals surface area (Å²) in [5.74, 6) is 0.304. The standard InChI is InChI=1S/C17H25N3O3/c1-23-15-11-7-6-10-14(15)18-12-16(21)19-20-17(22)13-8-4-2-3-5-9-13/h6-7,10-11,13,18H,2-5,8-9,12H2,1H3,(H,19,21)(H,20,22). The number of nitrogens with one attached hydrogen (secondary N) is 3. The van der Waals surface area contributed by atoms with Crippen LogP contribution in [0.1, 0.15) is 38.5 Å². The van der Waals surface area contributed by atoms with Crippen molar-refractivity contribution in [3.05, 3.63) is 24.3 Å². The first-order valence-electron chi connectivity index (χ1n) is 8.16. The Labute approximate surface area is 136 Å². The third-order valence-electron chi connectivity index (χ3n) is 4.10. The summed E-state index contributed by atoms with van der Waals surface area (Å²) >= 11 is 0. The Morgan fingerprint density at radius 1 is 1.09 bits per heavy atom. The molecule has 6 nitrogen and oxygen atoms in total. The molecular weight excluding hydrogens is 294 g/mol. The van der Waals surface area contributed by atoms with E-state index in [2.05, 4.69) is 16.2 Å². The minimum absolute atomic E-state index is 0.0139. The van der Waals surface area contributed by atoms with Crippen molar-refractivity contribution >= 4 is 17.5 Å². The molecule has 0 spiro atoms. The van der Waals surface area contributed by atoms with Crippen molar-refractivity contribution < 1.29 is 14.3 Å². The van der Waals surface area contributed by atoms with E-state index in [0.717, 1.165) is 31.4 Å². The quantitative estimate of drug-likeness (QED) is 0.574. The molecule has 2 rings (SSSR count). The van der Waals surface area contributed by atoms with Crippen LogP contribution < -0.4 is 20.9 Å². The second kappa shape index (κ2) is 9.02. The van der Waals surface area contributed by atoms with Gasteiger partial charge in [0.25, 0.3) is 5.91 Å². The third-order valence-corrected chi connectivity index (χ3v) is 4.10. The van der Waals surface area contributed by atoms with Gasteiger partial charge in [0.2, 0.25) is 5.91 Å². The predicted molar refractivity (Wildman–Crippen MR) is 89.0 cm³/mol. The minimum atomic E-state index is -0.294. The van der Waals surface area contributed by atoms with E-state index < -0.39 is 0 Å². The zero-order chi connectivity index (χ0) is 16.5. The molecule has 6 heteroatoms. The number of ether oxygens (including phenoxy) is 1. The van der Waals surface area contributed by atoms with Crippen LogP contribution in [0.25, 0.3) is 0 Å². The lowest BCUT2D eigenvalue weighted by atomic mass is 10.00. The zero-order valence-corrected chi connectivity index (χ0v) is 13.6. The molecule has 0 saturated heterocycles. The SMILES string of the molecule is COc1ccccc1NCC(=O)NNC(=O)C1CCCCCC1. The Balaban J connectivity index is 1.73. The Kier molecular flexibility index (Phi) is 6.72. The molecular formula is C17H25N3O3. The van der Waals surface area contributed by atoms with Gasteiger partial charge in [-0.2, -0.15) is 0 Å². The van der Waals surface area contributed by atoms with Gasteiger partial charge in [-0.05, 0) is 25.0 Å². The van der Waals surface area contributed by atoms with E-state index in [-0.39, 0.29) is 24.3 Å². The summed E-state index contributed by atoms with van der Waals surface area (Å²) in [5, 5.41) is 2.99. The fraction of sp³-hybridized carbons (Fsp3) is 0.529. The van der Waals surface area contributed by atoms with Gasteiger partial charge in [-0.1, -0.05) is 37.8 Å². The summed E-state index contributed by atoms with van der Waals surface area (Å²) in [4.78, 5) is 23.9. The van der Waals surface area contributed by atoms with Gasteiger partial charge in [0, 0.05) is 5.92 Å². The maximum atomic E-state index is 12.1. The Morgan fingerprint density at radius 2 is 1.78 bits per heavy atom. The number of benzene rings is 1. The summed E-state index contributed by atoms with van der Waals surface area (Å²) in [6, 6.07) is 7.36. The number of rotatable bonds is 5. The lowest BCUT2D eigenvalue weighted by molar-refractivity contribution is -0.130. The van der Waals surface area contributed by atoms with E-state index in [9.17, 15) is 9.59 Å². The van der Waals surface area contributed by atoms with Crippen molar-refractivity contribution in [1.29, 1.82) is 0 Å². The number of amides is 2. The van der Waals surface area contributed by atoms with Crippen molar-refractivity contribution in [3.63, 3.8) is 0 Å². The van der Waals surface area contributed by atoms with Crippen LogP contribution in [0, 0.1) is 5.92 Å². The second-order valence-electron chi connectivity index (χ2n) is 5.78. The molecule has 0 aliphatic heterocycles. The van der Waals surface area contributed by atoms with Gasteiger partial charge < -0.3 is 10.1 Å². The molecule has 1 saturated carbocycles. The van der Waals surface area contributed by atoms with Crippen molar-refractivity contribution in [1.82, 2.24) is 10.9 Å². The molecule has 2 amide bonds. The van der Waals surface area contributed by atoms with E-state index in [1.807, 2.05) is 24.3 Å². The van der Waals surface area contributed by atoms with E-state index in [4.69, 9.17) is 4.74 Å². The highest BCUT2D eigenvalue weighted by atomic mass is 16.5. The van der Waals surface area contributed by atoms with Crippen molar-refractivity contribution in [3.8, 4) is 5.75 Å². The van der Waals surface area contributed by atoms with Crippen LogP contribution in [0.15, 0.2) is 24.3 Å². The highest BCUT2D eigenvalue weighted by Crippen LogP contribution is 2.23. The van der Waals surface area contributed by atoms with Crippen LogP contribution in [0.4, 0.5) is 5.69 Å². The third kappa shape index (κ3) is 5.47. The van der Waals surface area contributed by atoms with Gasteiger partial charge in [-0.3, -0.25) is 20.4 Å². The second-order valence-corrected chi connectivity index (χ2v) is 5.78. The Bertz CT molecular complexity index is 526. The molecule has 23 heavy (non-hydrogen) atoms. The average Bonchev–Trinajstić information content (AvgIpc) is 2.87. The van der Waals surface area contributed by atoms with E-state index in [0.29, 0.717) is 5.75 Å². The highest BCUT2D eigenvalue weighted by molar-refractivity contribution is 5.85. The van der Waals surface area contributed by atoms with Gasteiger partial charge in [-0.25, -0.2) is 0 Å². The lowest BCUT2D eigenvalue weighted by Gasteiger charge is -2.15. The maximum Gasteiger partial charge on any atom is 0.257 e. The lowest BCUT2D eigenvalue weighted by Crippen LogP contribution is -2.46. The predicted octanol–water partition coefficient (Wildman–Crippen LogP) is 2.22. The molecule has 0 aromatic heterocycles. The van der Waals surface area contributed by atoms with Crippen LogP contribution in [-0.2, 0) is 9.59 Å². The number of methoxy groups -OCH3 is 1. The number of hydrogen-bond donors (Lipinski definition) is 3. The van der Waals surface area contributed by atoms with E-state index >= 15 is 0 Å². The summed E-state index contributed by atoms with van der Waals surface area (Å²) in [7, 11) is 1.58. The largest absolute Gasteiger partial charge is 0.495 e. The van der Waals surface area contributed by atoms with Crippen molar-refractivity contribution in [2.75, 3.05) is 19.0 Å². The number of hydrogen-bond acceptors (Lipinski definition) is 4. The smallest absolute Gasteiger partial charge is 0.257 e. The molecule has 0 radical (unpaired) electrons. The monoisotopic (exact) mass is 319 g/mol. The van der Waals surface area contributed by atoms with Crippen LogP contribution in [-0.4, -0.2) is 25.5 Å². The van der Waals surface area contributed by atoms with Crippen LogP contribution in [0.5, 0.6) is 5.75 Å². The molecule has 0 bridgehead atoms. The molecule has 1 aliphatic carbocycles. The molecule has 0 heterocycles. The Morgan fingerprint density at radius 3 is 2.48 bits per heavy atom. The minimum Gasteiger partial charge on any atom is -0.495 e. The molecule has 0 unspecified atom stereocenters. The number of para-hydroxylation sites is 2. The molecule has 0 atom stereocenters. The fourth-order valence-electron chi connectivity index (χ4n) is 2.79. The van der Waals surface area contributed by atoms with Gasteiger partial charge in [-0.15, -0.1) is 0 Å².